The molecular formula is C18H16BrN5O. The van der Waals surface area contributed by atoms with E-state index in [4.69, 9.17) is 0 Å². The number of fused-ring (bicyclic) bond motifs is 1. The lowest BCUT2D eigenvalue weighted by Crippen LogP contribution is -2.35. The van der Waals surface area contributed by atoms with Gasteiger partial charge in [0, 0.05) is 54.7 Å². The molecule has 0 saturated heterocycles. The summed E-state index contributed by atoms with van der Waals surface area (Å²) in [6, 6.07) is 7.70. The van der Waals surface area contributed by atoms with Crippen LogP contribution in [0.4, 0.5) is 0 Å². The van der Waals surface area contributed by atoms with Crippen LogP contribution >= 0.6 is 15.9 Å². The third-order valence-corrected chi connectivity index (χ3v) is 4.73. The molecular weight excluding hydrogens is 382 g/mol. The van der Waals surface area contributed by atoms with Crippen molar-refractivity contribution in [3.05, 3.63) is 74.6 Å². The number of pyridine rings is 2. The van der Waals surface area contributed by atoms with E-state index in [2.05, 4.69) is 40.8 Å². The van der Waals surface area contributed by atoms with E-state index >= 15 is 0 Å². The summed E-state index contributed by atoms with van der Waals surface area (Å²) in [5.74, 6) is 0.583. The summed E-state index contributed by atoms with van der Waals surface area (Å²) >= 11 is 3.39. The fourth-order valence-electron chi connectivity index (χ4n) is 2.98. The van der Waals surface area contributed by atoms with Crippen molar-refractivity contribution in [2.24, 2.45) is 0 Å². The summed E-state index contributed by atoms with van der Waals surface area (Å²) in [6.45, 7) is 2.16. The Morgan fingerprint density at radius 1 is 1.24 bits per heavy atom. The standard InChI is InChI=1S/C18H16BrN5O/c19-13-3-4-14(21-9-13)10-24-7-5-16-15(11-24)18(25)23-17(22-16)12-2-1-6-20-8-12/h1-4,6,8-9H,5,7,10-11H2,(H,22,23,25). The Balaban J connectivity index is 1.57. The first-order chi connectivity index (χ1) is 12.2. The highest BCUT2D eigenvalue weighted by atomic mass is 79.9. The van der Waals surface area contributed by atoms with Gasteiger partial charge in [-0.15, -0.1) is 0 Å². The summed E-state index contributed by atoms with van der Waals surface area (Å²) < 4.78 is 0.962. The Labute approximate surface area is 153 Å². The summed E-state index contributed by atoms with van der Waals surface area (Å²) in [5, 5.41) is 0. The topological polar surface area (TPSA) is 74.8 Å². The van der Waals surface area contributed by atoms with Crippen molar-refractivity contribution in [2.75, 3.05) is 6.54 Å². The van der Waals surface area contributed by atoms with E-state index in [1.807, 2.05) is 24.3 Å². The van der Waals surface area contributed by atoms with Crippen LogP contribution in [0.2, 0.25) is 0 Å². The molecule has 1 aliphatic heterocycles. The van der Waals surface area contributed by atoms with E-state index in [1.165, 1.54) is 0 Å². The normalized spacial score (nSPS) is 14.3. The lowest BCUT2D eigenvalue weighted by molar-refractivity contribution is 0.239. The second kappa shape index (κ2) is 6.85. The largest absolute Gasteiger partial charge is 0.306 e. The molecule has 1 aliphatic rings. The molecule has 3 aromatic heterocycles. The minimum atomic E-state index is -0.0719. The van der Waals surface area contributed by atoms with Crippen LogP contribution < -0.4 is 5.56 Å². The molecule has 7 heteroatoms. The van der Waals surface area contributed by atoms with Gasteiger partial charge in [-0.25, -0.2) is 4.98 Å². The van der Waals surface area contributed by atoms with Crippen molar-refractivity contribution < 1.29 is 0 Å². The van der Waals surface area contributed by atoms with Gasteiger partial charge < -0.3 is 4.98 Å². The molecule has 0 aliphatic carbocycles. The van der Waals surface area contributed by atoms with Crippen LogP contribution in [-0.2, 0) is 19.5 Å². The first kappa shape index (κ1) is 16.1. The van der Waals surface area contributed by atoms with Crippen molar-refractivity contribution in [3.63, 3.8) is 0 Å². The van der Waals surface area contributed by atoms with Crippen molar-refractivity contribution in [1.82, 2.24) is 24.8 Å². The Morgan fingerprint density at radius 3 is 2.92 bits per heavy atom. The SMILES string of the molecule is O=c1[nH]c(-c2cccnc2)nc2c1CN(Cc1ccc(Br)cn1)CC2. The van der Waals surface area contributed by atoms with Gasteiger partial charge in [-0.2, -0.15) is 0 Å². The predicted octanol–water partition coefficient (Wildman–Crippen LogP) is 2.55. The van der Waals surface area contributed by atoms with Crippen molar-refractivity contribution in [2.45, 2.75) is 19.5 Å². The molecule has 0 amide bonds. The van der Waals surface area contributed by atoms with Crippen LogP contribution in [0.25, 0.3) is 11.4 Å². The third kappa shape index (κ3) is 3.52. The highest BCUT2D eigenvalue weighted by Crippen LogP contribution is 2.19. The van der Waals surface area contributed by atoms with Gasteiger partial charge in [0.1, 0.15) is 5.82 Å². The molecule has 0 unspecified atom stereocenters. The first-order valence-electron chi connectivity index (χ1n) is 8.04. The van der Waals surface area contributed by atoms with E-state index in [1.54, 1.807) is 18.6 Å². The van der Waals surface area contributed by atoms with Crippen LogP contribution in [0, 0.1) is 0 Å². The molecule has 0 bridgehead atoms. The van der Waals surface area contributed by atoms with Crippen LogP contribution in [-0.4, -0.2) is 31.4 Å². The second-order valence-corrected chi connectivity index (χ2v) is 6.93. The fourth-order valence-corrected chi connectivity index (χ4v) is 3.22. The number of H-pyrrole nitrogens is 1. The zero-order valence-electron chi connectivity index (χ0n) is 13.4. The summed E-state index contributed by atoms with van der Waals surface area (Å²) in [4.78, 5) is 30.8. The van der Waals surface area contributed by atoms with E-state index < -0.39 is 0 Å². The van der Waals surface area contributed by atoms with E-state index in [9.17, 15) is 4.79 Å². The van der Waals surface area contributed by atoms with Gasteiger partial charge >= 0.3 is 0 Å². The number of hydrogen-bond acceptors (Lipinski definition) is 5. The minimum Gasteiger partial charge on any atom is -0.306 e. The molecule has 25 heavy (non-hydrogen) atoms. The Bertz CT molecular complexity index is 940. The maximum absolute atomic E-state index is 12.5. The maximum Gasteiger partial charge on any atom is 0.255 e. The molecule has 0 spiro atoms. The molecule has 0 aromatic carbocycles. The van der Waals surface area contributed by atoms with Crippen molar-refractivity contribution in [1.29, 1.82) is 0 Å². The van der Waals surface area contributed by atoms with E-state index in [0.717, 1.165) is 46.5 Å². The van der Waals surface area contributed by atoms with Gasteiger partial charge in [-0.05, 0) is 40.2 Å². The number of nitrogens with one attached hydrogen (secondary N) is 1. The third-order valence-electron chi connectivity index (χ3n) is 4.26. The van der Waals surface area contributed by atoms with Crippen LogP contribution in [0.15, 0.2) is 52.1 Å². The fraction of sp³-hybridized carbons (Fsp3) is 0.222. The van der Waals surface area contributed by atoms with Gasteiger partial charge in [-0.1, -0.05) is 0 Å². The molecule has 0 atom stereocenters. The van der Waals surface area contributed by atoms with Crippen LogP contribution in [0.5, 0.6) is 0 Å². The number of halogens is 1. The summed E-state index contributed by atoms with van der Waals surface area (Å²) in [7, 11) is 0. The van der Waals surface area contributed by atoms with Gasteiger partial charge in [-0.3, -0.25) is 19.7 Å². The number of rotatable bonds is 3. The minimum absolute atomic E-state index is 0.0719. The Morgan fingerprint density at radius 2 is 2.16 bits per heavy atom. The van der Waals surface area contributed by atoms with Crippen molar-refractivity contribution >= 4 is 15.9 Å². The molecule has 0 fully saturated rings. The second-order valence-electron chi connectivity index (χ2n) is 6.01. The lowest BCUT2D eigenvalue weighted by Gasteiger charge is -2.27. The molecule has 3 aromatic rings. The summed E-state index contributed by atoms with van der Waals surface area (Å²) in [6.07, 6.45) is 5.96. The zero-order chi connectivity index (χ0) is 17.2. The van der Waals surface area contributed by atoms with Crippen LogP contribution in [0.3, 0.4) is 0 Å². The highest BCUT2D eigenvalue weighted by Gasteiger charge is 2.21. The first-order valence-corrected chi connectivity index (χ1v) is 8.83. The molecule has 126 valence electrons. The molecule has 1 N–H and O–H groups in total. The predicted molar refractivity (Wildman–Crippen MR) is 97.8 cm³/mol. The zero-order valence-corrected chi connectivity index (χ0v) is 15.0. The molecule has 6 nitrogen and oxygen atoms in total. The molecule has 4 heterocycles. The molecule has 0 saturated carbocycles. The van der Waals surface area contributed by atoms with Crippen LogP contribution in [0.1, 0.15) is 17.0 Å². The lowest BCUT2D eigenvalue weighted by atomic mass is 10.1. The monoisotopic (exact) mass is 397 g/mol. The number of nitrogens with zero attached hydrogens (tertiary/aromatic N) is 4. The summed E-state index contributed by atoms with van der Waals surface area (Å²) in [5.41, 5.74) is 3.36. The van der Waals surface area contributed by atoms with E-state index in [0.29, 0.717) is 12.4 Å². The van der Waals surface area contributed by atoms with Gasteiger partial charge in [0.15, 0.2) is 0 Å². The highest BCUT2D eigenvalue weighted by molar-refractivity contribution is 9.10. The van der Waals surface area contributed by atoms with Gasteiger partial charge in [0.05, 0.1) is 17.0 Å². The Kier molecular flexibility index (Phi) is 4.42. The quantitative estimate of drug-likeness (QED) is 0.734. The maximum atomic E-state index is 12.5. The van der Waals surface area contributed by atoms with Crippen molar-refractivity contribution in [3.8, 4) is 11.4 Å². The smallest absolute Gasteiger partial charge is 0.255 e. The van der Waals surface area contributed by atoms with Gasteiger partial charge in [0.25, 0.3) is 5.56 Å². The number of hydrogen-bond donors (Lipinski definition) is 1. The molecule has 4 rings (SSSR count). The number of aromatic nitrogens is 4. The van der Waals surface area contributed by atoms with E-state index in [-0.39, 0.29) is 5.56 Å². The number of aromatic amines is 1. The molecule has 0 radical (unpaired) electrons. The Hall–Kier alpha value is -2.38. The van der Waals surface area contributed by atoms with Gasteiger partial charge in [0.2, 0.25) is 0 Å². The average molecular weight is 398 g/mol. The average Bonchev–Trinajstić information content (AvgIpc) is 2.65.